The van der Waals surface area contributed by atoms with E-state index in [-0.39, 0.29) is 12.4 Å². The van der Waals surface area contributed by atoms with Crippen molar-refractivity contribution in [2.24, 2.45) is 0 Å². The van der Waals surface area contributed by atoms with Crippen LogP contribution < -0.4 is 5.32 Å². The van der Waals surface area contributed by atoms with Crippen molar-refractivity contribution in [2.45, 2.75) is 19.1 Å². The van der Waals surface area contributed by atoms with Gasteiger partial charge in [-0.15, -0.1) is 12.4 Å². The Kier molecular flexibility index (Phi) is 5.61. The number of nitrogens with one attached hydrogen (secondary N) is 1. The molecule has 1 aromatic carbocycles. The molecule has 1 N–H and O–H groups in total. The predicted molar refractivity (Wildman–Crippen MR) is 67.5 cm³/mol. The first-order valence-electron chi connectivity index (χ1n) is 4.91. The molecule has 0 spiro atoms. The van der Waals surface area contributed by atoms with Gasteiger partial charge in [0.05, 0.1) is 12.7 Å². The highest BCUT2D eigenvalue weighted by Gasteiger charge is 2.14. The Morgan fingerprint density at radius 1 is 1.47 bits per heavy atom. The van der Waals surface area contributed by atoms with E-state index in [0.29, 0.717) is 12.7 Å². The lowest BCUT2D eigenvalue weighted by Gasteiger charge is -2.10. The second kappa shape index (κ2) is 6.48. The van der Waals surface area contributed by atoms with E-state index in [1.54, 1.807) is 0 Å². The Morgan fingerprint density at radius 2 is 2.33 bits per heavy atom. The van der Waals surface area contributed by atoms with E-state index in [0.717, 1.165) is 24.0 Å². The molecular weight excluding hydrogens is 277 g/mol. The molecule has 0 unspecified atom stereocenters. The zero-order chi connectivity index (χ0) is 9.80. The van der Waals surface area contributed by atoms with Crippen LogP contribution in [0.2, 0.25) is 0 Å². The Hall–Kier alpha value is -0.0900. The van der Waals surface area contributed by atoms with Crippen LogP contribution in [0.5, 0.6) is 0 Å². The maximum atomic E-state index is 5.76. The molecular formula is C11H15BrClNO. The van der Waals surface area contributed by atoms with E-state index < -0.39 is 0 Å². The van der Waals surface area contributed by atoms with Gasteiger partial charge in [-0.3, -0.25) is 0 Å². The van der Waals surface area contributed by atoms with Crippen molar-refractivity contribution in [1.82, 2.24) is 5.32 Å². The molecule has 15 heavy (non-hydrogen) atoms. The molecule has 1 aliphatic rings. The molecule has 0 amide bonds. The first kappa shape index (κ1) is 13.0. The smallest absolute Gasteiger partial charge is 0.0721 e. The second-order valence-corrected chi connectivity index (χ2v) is 4.47. The lowest BCUT2D eigenvalue weighted by molar-refractivity contribution is 0.0542. The van der Waals surface area contributed by atoms with Gasteiger partial charge in [0, 0.05) is 11.0 Å². The molecule has 0 radical (unpaired) electrons. The molecule has 0 saturated carbocycles. The van der Waals surface area contributed by atoms with Crippen molar-refractivity contribution < 1.29 is 4.74 Å². The fraction of sp³-hybridized carbons (Fsp3) is 0.455. The van der Waals surface area contributed by atoms with Gasteiger partial charge in [0.15, 0.2) is 0 Å². The Bertz CT molecular complexity index is 302. The maximum Gasteiger partial charge on any atom is 0.0721 e. The number of halogens is 2. The Morgan fingerprint density at radius 3 is 3.00 bits per heavy atom. The zero-order valence-corrected chi connectivity index (χ0v) is 10.8. The highest BCUT2D eigenvalue weighted by molar-refractivity contribution is 9.10. The van der Waals surface area contributed by atoms with Gasteiger partial charge in [-0.25, -0.2) is 0 Å². The normalized spacial score (nSPS) is 19.9. The Labute approximate surface area is 105 Å². The highest BCUT2D eigenvalue weighted by Crippen LogP contribution is 2.14. The lowest BCUT2D eigenvalue weighted by atomic mass is 10.2. The van der Waals surface area contributed by atoms with Crippen LogP contribution in [0.3, 0.4) is 0 Å². The van der Waals surface area contributed by atoms with Gasteiger partial charge in [-0.2, -0.15) is 0 Å². The largest absolute Gasteiger partial charge is 0.372 e. The van der Waals surface area contributed by atoms with E-state index in [2.05, 4.69) is 33.4 Å². The topological polar surface area (TPSA) is 21.3 Å². The summed E-state index contributed by atoms with van der Waals surface area (Å²) in [4.78, 5) is 0. The number of ether oxygens (including phenoxy) is 1. The lowest BCUT2D eigenvalue weighted by Crippen LogP contribution is -2.16. The summed E-state index contributed by atoms with van der Waals surface area (Å²) in [6.45, 7) is 2.79. The van der Waals surface area contributed by atoms with Crippen LogP contribution in [0.15, 0.2) is 28.7 Å². The number of rotatable bonds is 3. The van der Waals surface area contributed by atoms with Gasteiger partial charge in [0.25, 0.3) is 0 Å². The van der Waals surface area contributed by atoms with Gasteiger partial charge in [0.1, 0.15) is 0 Å². The van der Waals surface area contributed by atoms with Crippen LogP contribution in [0, 0.1) is 0 Å². The quantitative estimate of drug-likeness (QED) is 0.925. The summed E-state index contributed by atoms with van der Waals surface area (Å²) >= 11 is 3.45. The van der Waals surface area contributed by atoms with E-state index in [4.69, 9.17) is 4.74 Å². The van der Waals surface area contributed by atoms with Gasteiger partial charge < -0.3 is 10.1 Å². The van der Waals surface area contributed by atoms with Crippen LogP contribution in [0.4, 0.5) is 0 Å². The van der Waals surface area contributed by atoms with E-state index >= 15 is 0 Å². The number of hydrogen-bond acceptors (Lipinski definition) is 2. The third kappa shape index (κ3) is 4.11. The van der Waals surface area contributed by atoms with Crippen molar-refractivity contribution in [2.75, 3.05) is 13.1 Å². The minimum Gasteiger partial charge on any atom is -0.372 e. The van der Waals surface area contributed by atoms with Crippen molar-refractivity contribution in [3.05, 3.63) is 34.3 Å². The molecule has 2 nitrogen and oxygen atoms in total. The van der Waals surface area contributed by atoms with Crippen molar-refractivity contribution >= 4 is 28.3 Å². The molecule has 0 aromatic heterocycles. The van der Waals surface area contributed by atoms with E-state index in [1.165, 1.54) is 5.56 Å². The fourth-order valence-electron chi connectivity index (χ4n) is 1.61. The van der Waals surface area contributed by atoms with Crippen LogP contribution in [0.25, 0.3) is 0 Å². The molecule has 0 bridgehead atoms. The average molecular weight is 293 g/mol. The zero-order valence-electron chi connectivity index (χ0n) is 8.41. The van der Waals surface area contributed by atoms with Crippen LogP contribution in [-0.4, -0.2) is 19.2 Å². The minimum atomic E-state index is 0. The Balaban J connectivity index is 0.00000112. The first-order valence-corrected chi connectivity index (χ1v) is 5.70. The summed E-state index contributed by atoms with van der Waals surface area (Å²) in [5, 5.41) is 3.29. The molecule has 1 aliphatic heterocycles. The second-order valence-electron chi connectivity index (χ2n) is 3.56. The third-order valence-electron chi connectivity index (χ3n) is 2.39. The molecule has 84 valence electrons. The molecule has 4 heteroatoms. The van der Waals surface area contributed by atoms with Crippen molar-refractivity contribution in [3.8, 4) is 0 Å². The van der Waals surface area contributed by atoms with E-state index in [1.807, 2.05) is 12.1 Å². The van der Waals surface area contributed by atoms with Crippen molar-refractivity contribution in [1.29, 1.82) is 0 Å². The summed E-state index contributed by atoms with van der Waals surface area (Å²) in [5.74, 6) is 0. The standard InChI is InChI=1S/C11H14BrNO.ClH/c12-10-3-1-2-9(6-10)8-14-11-4-5-13-7-11;/h1-3,6,11,13H,4-5,7-8H2;1H/t11-;/m1./s1. The summed E-state index contributed by atoms with van der Waals surface area (Å²) in [7, 11) is 0. The van der Waals surface area contributed by atoms with Crippen molar-refractivity contribution in [3.63, 3.8) is 0 Å². The van der Waals surface area contributed by atoms with E-state index in [9.17, 15) is 0 Å². The molecule has 0 aliphatic carbocycles. The first-order chi connectivity index (χ1) is 6.84. The minimum absolute atomic E-state index is 0. The van der Waals surface area contributed by atoms with Gasteiger partial charge >= 0.3 is 0 Å². The summed E-state index contributed by atoms with van der Waals surface area (Å²) in [5.41, 5.74) is 1.23. The van der Waals surface area contributed by atoms with Crippen LogP contribution in [0.1, 0.15) is 12.0 Å². The number of hydrogen-bond donors (Lipinski definition) is 1. The monoisotopic (exact) mass is 291 g/mol. The summed E-state index contributed by atoms with van der Waals surface area (Å²) in [6, 6.07) is 8.26. The molecule has 1 fully saturated rings. The predicted octanol–water partition coefficient (Wildman–Crippen LogP) is 2.75. The summed E-state index contributed by atoms with van der Waals surface area (Å²) in [6.07, 6.45) is 1.53. The average Bonchev–Trinajstić information content (AvgIpc) is 2.67. The van der Waals surface area contributed by atoms with Gasteiger partial charge in [-0.05, 0) is 30.7 Å². The van der Waals surface area contributed by atoms with Gasteiger partial charge in [0.2, 0.25) is 0 Å². The molecule has 1 atom stereocenters. The third-order valence-corrected chi connectivity index (χ3v) is 2.88. The summed E-state index contributed by atoms with van der Waals surface area (Å²) < 4.78 is 6.87. The van der Waals surface area contributed by atoms with Crippen LogP contribution in [-0.2, 0) is 11.3 Å². The SMILES string of the molecule is Brc1cccc(CO[C@@H]2CCNC2)c1.Cl. The molecule has 1 saturated heterocycles. The van der Waals surface area contributed by atoms with Crippen LogP contribution >= 0.6 is 28.3 Å². The van der Waals surface area contributed by atoms with Gasteiger partial charge in [-0.1, -0.05) is 28.1 Å². The molecule has 1 aromatic rings. The maximum absolute atomic E-state index is 5.76. The highest BCUT2D eigenvalue weighted by atomic mass is 79.9. The molecule has 2 rings (SSSR count). The number of benzene rings is 1. The fourth-order valence-corrected chi connectivity index (χ4v) is 2.06. The molecule has 1 heterocycles.